The Kier molecular flexibility index (Phi) is 4.77. The van der Waals surface area contributed by atoms with Crippen molar-refractivity contribution in [2.45, 2.75) is 26.8 Å². The first-order valence-corrected chi connectivity index (χ1v) is 9.14. The Bertz CT molecular complexity index is 895. The highest BCUT2D eigenvalue weighted by Gasteiger charge is 2.24. The molecule has 4 nitrogen and oxygen atoms in total. The molecule has 5 heteroatoms. The fraction of sp³-hybridized carbons (Fsp3) is 0.300. The first-order chi connectivity index (χ1) is 11.9. The van der Waals surface area contributed by atoms with E-state index in [1.165, 1.54) is 4.88 Å². The molecule has 0 aliphatic rings. The van der Waals surface area contributed by atoms with E-state index in [2.05, 4.69) is 24.0 Å². The lowest BCUT2D eigenvalue weighted by Crippen LogP contribution is -2.31. The monoisotopic (exact) mass is 353 g/mol. The molecule has 0 spiro atoms. The van der Waals surface area contributed by atoms with Crippen LogP contribution in [-0.4, -0.2) is 27.4 Å². The zero-order valence-corrected chi connectivity index (χ0v) is 16.1. The van der Waals surface area contributed by atoms with Crippen molar-refractivity contribution < 1.29 is 4.79 Å². The molecule has 0 fully saturated rings. The van der Waals surface area contributed by atoms with Crippen molar-refractivity contribution in [2.75, 3.05) is 7.05 Å². The highest BCUT2D eigenvalue weighted by molar-refractivity contribution is 7.11. The number of aromatic nitrogens is 2. The van der Waals surface area contributed by atoms with E-state index in [1.807, 2.05) is 62.8 Å². The fourth-order valence-electron chi connectivity index (χ4n) is 3.10. The third-order valence-electron chi connectivity index (χ3n) is 4.65. The number of thiazole rings is 1. The fourth-order valence-corrected chi connectivity index (χ4v) is 4.01. The molecule has 130 valence electrons. The lowest BCUT2D eigenvalue weighted by atomic mass is 10.1. The first kappa shape index (κ1) is 17.4. The molecule has 3 aromatic rings. The lowest BCUT2D eigenvalue weighted by molar-refractivity contribution is 0.0730. The van der Waals surface area contributed by atoms with E-state index < -0.39 is 0 Å². The number of carbonyl (C=O) groups excluding carboxylic acids is 1. The SMILES string of the molecule is Cc1nc([C@@H](C)N(C)C(=O)c2ccc(-c3ccccc3)n2C)c(C)s1. The number of rotatable bonds is 4. The predicted octanol–water partition coefficient (Wildman–Crippen LogP) is 4.60. The zero-order valence-electron chi connectivity index (χ0n) is 15.3. The molecular weight excluding hydrogens is 330 g/mol. The van der Waals surface area contributed by atoms with Gasteiger partial charge in [-0.15, -0.1) is 11.3 Å². The van der Waals surface area contributed by atoms with E-state index >= 15 is 0 Å². The summed E-state index contributed by atoms with van der Waals surface area (Å²) in [7, 11) is 3.78. The van der Waals surface area contributed by atoms with Gasteiger partial charge in [-0.05, 0) is 38.5 Å². The van der Waals surface area contributed by atoms with E-state index in [1.54, 1.807) is 16.2 Å². The maximum absolute atomic E-state index is 13.0. The van der Waals surface area contributed by atoms with Crippen LogP contribution in [0.2, 0.25) is 0 Å². The summed E-state index contributed by atoms with van der Waals surface area (Å²) in [4.78, 5) is 20.6. The second-order valence-corrected chi connectivity index (χ2v) is 7.70. The first-order valence-electron chi connectivity index (χ1n) is 8.32. The molecule has 2 heterocycles. The minimum Gasteiger partial charge on any atom is -0.340 e. The van der Waals surface area contributed by atoms with Gasteiger partial charge in [-0.25, -0.2) is 4.98 Å². The number of amides is 1. The van der Waals surface area contributed by atoms with Gasteiger partial charge in [0.05, 0.1) is 16.7 Å². The summed E-state index contributed by atoms with van der Waals surface area (Å²) >= 11 is 1.67. The maximum Gasteiger partial charge on any atom is 0.270 e. The quantitative estimate of drug-likeness (QED) is 0.687. The number of hydrogen-bond acceptors (Lipinski definition) is 3. The molecule has 1 aromatic carbocycles. The molecule has 1 amide bonds. The number of hydrogen-bond donors (Lipinski definition) is 0. The smallest absolute Gasteiger partial charge is 0.270 e. The van der Waals surface area contributed by atoms with Gasteiger partial charge in [0, 0.05) is 24.7 Å². The number of aryl methyl sites for hydroxylation is 2. The molecule has 0 bridgehead atoms. The van der Waals surface area contributed by atoms with Crippen LogP contribution in [-0.2, 0) is 7.05 Å². The number of nitrogens with zero attached hydrogens (tertiary/aromatic N) is 3. The van der Waals surface area contributed by atoms with E-state index in [9.17, 15) is 4.79 Å². The van der Waals surface area contributed by atoms with Crippen LogP contribution in [0.5, 0.6) is 0 Å². The van der Waals surface area contributed by atoms with Crippen molar-refractivity contribution in [1.29, 1.82) is 0 Å². The Balaban J connectivity index is 1.88. The third kappa shape index (κ3) is 3.24. The van der Waals surface area contributed by atoms with Crippen molar-refractivity contribution in [3.8, 4) is 11.3 Å². The molecule has 0 aliphatic carbocycles. The Morgan fingerprint density at radius 1 is 1.16 bits per heavy atom. The van der Waals surface area contributed by atoms with Gasteiger partial charge >= 0.3 is 0 Å². The molecule has 0 radical (unpaired) electrons. The van der Waals surface area contributed by atoms with Crippen LogP contribution in [0.4, 0.5) is 0 Å². The predicted molar refractivity (Wildman–Crippen MR) is 103 cm³/mol. The summed E-state index contributed by atoms with van der Waals surface area (Å²) in [6.07, 6.45) is 0. The highest BCUT2D eigenvalue weighted by Crippen LogP contribution is 2.28. The Labute approximate surface area is 152 Å². The zero-order chi connectivity index (χ0) is 18.1. The standard InChI is InChI=1S/C20H23N3OS/c1-13(19-14(2)25-15(3)21-19)22(4)20(24)18-12-11-17(23(18)5)16-9-7-6-8-10-16/h6-13H,1-5H3/t13-/m1/s1. The summed E-state index contributed by atoms with van der Waals surface area (Å²) in [5, 5.41) is 1.03. The third-order valence-corrected chi connectivity index (χ3v) is 5.55. The minimum atomic E-state index is -0.0625. The topological polar surface area (TPSA) is 38.1 Å². The molecule has 0 N–H and O–H groups in total. The van der Waals surface area contributed by atoms with Crippen LogP contribution >= 0.6 is 11.3 Å². The van der Waals surface area contributed by atoms with Crippen LogP contribution in [0.15, 0.2) is 42.5 Å². The molecule has 3 rings (SSSR count). The summed E-state index contributed by atoms with van der Waals surface area (Å²) in [5.74, 6) is 0.00207. The highest BCUT2D eigenvalue weighted by atomic mass is 32.1. The van der Waals surface area contributed by atoms with Gasteiger partial charge < -0.3 is 9.47 Å². The van der Waals surface area contributed by atoms with Crippen molar-refractivity contribution in [1.82, 2.24) is 14.5 Å². The van der Waals surface area contributed by atoms with Crippen molar-refractivity contribution in [3.05, 3.63) is 63.7 Å². The Morgan fingerprint density at radius 3 is 2.44 bits per heavy atom. The van der Waals surface area contributed by atoms with Crippen molar-refractivity contribution in [2.24, 2.45) is 7.05 Å². The normalized spacial score (nSPS) is 12.2. The van der Waals surface area contributed by atoms with Crippen LogP contribution in [0, 0.1) is 13.8 Å². The molecule has 2 aromatic heterocycles. The van der Waals surface area contributed by atoms with Crippen molar-refractivity contribution in [3.63, 3.8) is 0 Å². The van der Waals surface area contributed by atoms with Crippen molar-refractivity contribution >= 4 is 17.2 Å². The van der Waals surface area contributed by atoms with Gasteiger partial charge in [0.1, 0.15) is 5.69 Å². The molecule has 0 unspecified atom stereocenters. The summed E-state index contributed by atoms with van der Waals surface area (Å²) in [6.45, 7) is 6.09. The van der Waals surface area contributed by atoms with E-state index in [0.29, 0.717) is 5.69 Å². The molecule has 0 saturated heterocycles. The van der Waals surface area contributed by atoms with Crippen LogP contribution in [0.25, 0.3) is 11.3 Å². The average Bonchev–Trinajstić information content (AvgIpc) is 3.15. The Hall–Kier alpha value is -2.40. The molecule has 0 aliphatic heterocycles. The molecule has 1 atom stereocenters. The van der Waals surface area contributed by atoms with Crippen LogP contribution in [0.3, 0.4) is 0 Å². The van der Waals surface area contributed by atoms with Gasteiger partial charge in [-0.2, -0.15) is 0 Å². The van der Waals surface area contributed by atoms with Gasteiger partial charge in [0.25, 0.3) is 5.91 Å². The van der Waals surface area contributed by atoms with Gasteiger partial charge in [0.2, 0.25) is 0 Å². The Morgan fingerprint density at radius 2 is 1.84 bits per heavy atom. The number of carbonyl (C=O) groups is 1. The summed E-state index contributed by atoms with van der Waals surface area (Å²) in [6, 6.07) is 13.9. The van der Waals surface area contributed by atoms with Crippen LogP contribution < -0.4 is 0 Å². The van der Waals surface area contributed by atoms with Crippen LogP contribution in [0.1, 0.15) is 39.0 Å². The summed E-state index contributed by atoms with van der Waals surface area (Å²) in [5.41, 5.74) is 3.80. The van der Waals surface area contributed by atoms with Gasteiger partial charge in [-0.1, -0.05) is 30.3 Å². The van der Waals surface area contributed by atoms with E-state index in [0.717, 1.165) is 22.0 Å². The second-order valence-electron chi connectivity index (χ2n) is 6.30. The summed E-state index contributed by atoms with van der Waals surface area (Å²) < 4.78 is 1.96. The average molecular weight is 353 g/mol. The second kappa shape index (κ2) is 6.84. The van der Waals surface area contributed by atoms with Gasteiger partial charge in [0.15, 0.2) is 0 Å². The largest absolute Gasteiger partial charge is 0.340 e. The molecular formula is C20H23N3OS. The molecule has 0 saturated carbocycles. The lowest BCUT2D eigenvalue weighted by Gasteiger charge is -2.24. The van der Waals surface area contributed by atoms with E-state index in [-0.39, 0.29) is 11.9 Å². The molecule has 25 heavy (non-hydrogen) atoms. The van der Waals surface area contributed by atoms with Gasteiger partial charge in [-0.3, -0.25) is 4.79 Å². The maximum atomic E-state index is 13.0. The minimum absolute atomic E-state index is 0.00207. The van der Waals surface area contributed by atoms with E-state index in [4.69, 9.17) is 0 Å². The number of benzene rings is 1.